The predicted octanol–water partition coefficient (Wildman–Crippen LogP) is 5.30. The second-order valence-corrected chi connectivity index (χ2v) is 8.48. The van der Waals surface area contributed by atoms with Gasteiger partial charge in [-0.05, 0) is 56.2 Å². The lowest BCUT2D eigenvalue weighted by Gasteiger charge is -2.44. The number of nitrogens with one attached hydrogen (secondary N) is 1. The first-order valence-corrected chi connectivity index (χ1v) is 9.29. The maximum absolute atomic E-state index is 12.7. The van der Waals surface area contributed by atoms with E-state index in [2.05, 4.69) is 51.2 Å². The highest BCUT2D eigenvalue weighted by Crippen LogP contribution is 2.46. The van der Waals surface area contributed by atoms with E-state index in [1.807, 2.05) is 25.1 Å². The fraction of sp³-hybridized carbons (Fsp3) is 0.348. The van der Waals surface area contributed by atoms with Crippen LogP contribution in [0.25, 0.3) is 11.0 Å². The molecule has 1 unspecified atom stereocenters. The summed E-state index contributed by atoms with van der Waals surface area (Å²) in [6, 6.07) is 13.9. The maximum Gasteiger partial charge on any atom is 0.343 e. The molecule has 1 aliphatic heterocycles. The van der Waals surface area contributed by atoms with Gasteiger partial charge in [0, 0.05) is 17.5 Å². The van der Waals surface area contributed by atoms with Crippen LogP contribution in [-0.4, -0.2) is 5.72 Å². The van der Waals surface area contributed by atoms with Crippen molar-refractivity contribution in [3.05, 3.63) is 69.6 Å². The molecule has 1 aromatic heterocycles. The molecule has 3 aromatic rings. The molecule has 0 aliphatic carbocycles. The number of hydrogen-bond acceptors (Lipinski definition) is 4. The zero-order valence-corrected chi connectivity index (χ0v) is 16.5. The quantitative estimate of drug-likeness (QED) is 0.628. The minimum Gasteiger partial charge on any atom is -0.467 e. The van der Waals surface area contributed by atoms with E-state index in [-0.39, 0.29) is 5.63 Å². The van der Waals surface area contributed by atoms with Gasteiger partial charge in [-0.1, -0.05) is 32.0 Å². The van der Waals surface area contributed by atoms with Crippen molar-refractivity contribution >= 4 is 16.7 Å². The molecule has 4 rings (SSSR count). The first kappa shape index (κ1) is 17.7. The molecule has 1 aliphatic rings. The van der Waals surface area contributed by atoms with Gasteiger partial charge in [-0.25, -0.2) is 4.79 Å². The lowest BCUT2D eigenvalue weighted by molar-refractivity contribution is 0.0615. The molecule has 27 heavy (non-hydrogen) atoms. The van der Waals surface area contributed by atoms with E-state index >= 15 is 0 Å². The Bertz CT molecular complexity index is 1080. The van der Waals surface area contributed by atoms with E-state index in [0.717, 1.165) is 11.1 Å². The molecule has 2 heterocycles. The molecular weight excluding hydrogens is 338 g/mol. The summed E-state index contributed by atoms with van der Waals surface area (Å²) < 4.78 is 12.0. The number of fused-ring (bicyclic) bond motifs is 3. The van der Waals surface area contributed by atoms with Crippen LogP contribution in [-0.2, 0) is 5.41 Å². The Morgan fingerprint density at radius 3 is 2.37 bits per heavy atom. The van der Waals surface area contributed by atoms with Crippen molar-refractivity contribution in [2.75, 3.05) is 5.32 Å². The lowest BCUT2D eigenvalue weighted by Crippen LogP contribution is -2.51. The molecule has 0 fully saturated rings. The normalized spacial score (nSPS) is 20.8. The van der Waals surface area contributed by atoms with Gasteiger partial charge in [0.05, 0.1) is 10.9 Å². The smallest absolute Gasteiger partial charge is 0.343 e. The van der Waals surface area contributed by atoms with Crippen molar-refractivity contribution < 1.29 is 9.15 Å². The first-order chi connectivity index (χ1) is 12.7. The van der Waals surface area contributed by atoms with Gasteiger partial charge < -0.3 is 14.5 Å². The summed E-state index contributed by atoms with van der Waals surface area (Å²) >= 11 is 0. The molecule has 2 aromatic carbocycles. The van der Waals surface area contributed by atoms with Crippen molar-refractivity contribution in [1.82, 2.24) is 0 Å². The van der Waals surface area contributed by atoms with E-state index in [4.69, 9.17) is 9.15 Å². The summed E-state index contributed by atoms with van der Waals surface area (Å²) in [7, 11) is 0. The zero-order valence-electron chi connectivity index (χ0n) is 16.5. The summed E-state index contributed by atoms with van der Waals surface area (Å²) in [5.74, 6) is 0.623. The van der Waals surface area contributed by atoms with Gasteiger partial charge >= 0.3 is 5.63 Å². The van der Waals surface area contributed by atoms with Crippen molar-refractivity contribution in [1.29, 1.82) is 0 Å². The summed E-state index contributed by atoms with van der Waals surface area (Å²) in [6.45, 7) is 10.3. The zero-order chi connectivity index (χ0) is 19.4. The molecule has 1 N–H and O–H groups in total. The highest BCUT2D eigenvalue weighted by atomic mass is 16.5. The number of ether oxygens (including phenoxy) is 1. The Kier molecular flexibility index (Phi) is 3.84. The summed E-state index contributed by atoms with van der Waals surface area (Å²) in [5, 5.41) is 4.39. The highest BCUT2D eigenvalue weighted by Gasteiger charge is 2.45. The lowest BCUT2D eigenvalue weighted by atomic mass is 9.76. The topological polar surface area (TPSA) is 51.5 Å². The average molecular weight is 363 g/mol. The van der Waals surface area contributed by atoms with E-state index in [1.54, 1.807) is 6.07 Å². The molecule has 4 nitrogen and oxygen atoms in total. The van der Waals surface area contributed by atoms with Gasteiger partial charge in [-0.3, -0.25) is 0 Å². The van der Waals surface area contributed by atoms with E-state index in [9.17, 15) is 4.79 Å². The molecule has 0 saturated heterocycles. The Labute approximate surface area is 159 Å². The molecule has 0 saturated carbocycles. The molecule has 4 heteroatoms. The number of anilines is 1. The van der Waals surface area contributed by atoms with Crippen molar-refractivity contribution in [3.8, 4) is 5.75 Å². The second-order valence-electron chi connectivity index (χ2n) is 8.48. The molecule has 0 spiro atoms. The minimum atomic E-state index is -0.646. The monoisotopic (exact) mass is 363 g/mol. The molecule has 1 atom stereocenters. The van der Waals surface area contributed by atoms with Gasteiger partial charge in [0.2, 0.25) is 0 Å². The number of hydrogen-bond donors (Lipinski definition) is 1. The van der Waals surface area contributed by atoms with Crippen LogP contribution in [0.4, 0.5) is 5.69 Å². The van der Waals surface area contributed by atoms with Crippen LogP contribution in [0, 0.1) is 13.8 Å². The van der Waals surface area contributed by atoms with Gasteiger partial charge in [0.15, 0.2) is 5.72 Å². The third-order valence-electron chi connectivity index (χ3n) is 5.18. The van der Waals surface area contributed by atoms with Crippen molar-refractivity contribution in [2.45, 2.75) is 52.2 Å². The third-order valence-corrected chi connectivity index (χ3v) is 5.18. The van der Waals surface area contributed by atoms with Crippen LogP contribution in [0.15, 0.2) is 51.7 Å². The van der Waals surface area contributed by atoms with Crippen LogP contribution in [0.1, 0.15) is 43.9 Å². The average Bonchev–Trinajstić information content (AvgIpc) is 2.51. The van der Waals surface area contributed by atoms with E-state index < -0.39 is 11.1 Å². The molecule has 140 valence electrons. The molecule has 0 amide bonds. The SMILES string of the molecule is Cc1cc(C)cc(NC2(C)CC(C)(C)c3c(c4ccccc4oc3=O)O2)c1. The van der Waals surface area contributed by atoms with Crippen molar-refractivity contribution in [2.24, 2.45) is 0 Å². The fourth-order valence-corrected chi connectivity index (χ4v) is 4.43. The second kappa shape index (κ2) is 5.88. The number of rotatable bonds is 2. The molecule has 0 radical (unpaired) electrons. The Morgan fingerprint density at radius 1 is 1.00 bits per heavy atom. The summed E-state index contributed by atoms with van der Waals surface area (Å²) in [6.07, 6.45) is 0.642. The van der Waals surface area contributed by atoms with Gasteiger partial charge in [-0.2, -0.15) is 0 Å². The summed E-state index contributed by atoms with van der Waals surface area (Å²) in [4.78, 5) is 12.7. The van der Waals surface area contributed by atoms with E-state index in [1.165, 1.54) is 11.1 Å². The van der Waals surface area contributed by atoms with Gasteiger partial charge in [0.1, 0.15) is 11.3 Å². The number of aryl methyl sites for hydroxylation is 2. The van der Waals surface area contributed by atoms with E-state index in [0.29, 0.717) is 23.3 Å². The Balaban J connectivity index is 1.85. The molecular formula is C23H25NO3. The molecule has 0 bridgehead atoms. The van der Waals surface area contributed by atoms with Crippen LogP contribution < -0.4 is 15.7 Å². The third kappa shape index (κ3) is 3.09. The van der Waals surface area contributed by atoms with Gasteiger partial charge in [-0.15, -0.1) is 0 Å². The predicted molar refractivity (Wildman–Crippen MR) is 109 cm³/mol. The largest absolute Gasteiger partial charge is 0.467 e. The Morgan fingerprint density at radius 2 is 1.67 bits per heavy atom. The van der Waals surface area contributed by atoms with Gasteiger partial charge in [0.25, 0.3) is 0 Å². The standard InChI is InChI=1S/C23H25NO3/c1-14-10-15(2)12-16(11-14)24-23(5)13-22(3,4)19-20(27-23)17-8-6-7-9-18(17)26-21(19)25/h6-12,24H,13H2,1-5H3. The van der Waals surface area contributed by atoms with Crippen LogP contribution in [0.3, 0.4) is 0 Å². The Hall–Kier alpha value is -2.75. The summed E-state index contributed by atoms with van der Waals surface area (Å²) in [5.41, 5.74) is 3.22. The maximum atomic E-state index is 12.7. The van der Waals surface area contributed by atoms with Crippen LogP contribution in [0.2, 0.25) is 0 Å². The highest BCUT2D eigenvalue weighted by molar-refractivity contribution is 5.85. The minimum absolute atomic E-state index is 0.317. The first-order valence-electron chi connectivity index (χ1n) is 9.29. The van der Waals surface area contributed by atoms with Crippen molar-refractivity contribution in [3.63, 3.8) is 0 Å². The van der Waals surface area contributed by atoms with Crippen LogP contribution >= 0.6 is 0 Å². The fourth-order valence-electron chi connectivity index (χ4n) is 4.43. The number of para-hydroxylation sites is 1. The number of benzene rings is 2. The van der Waals surface area contributed by atoms with Crippen LogP contribution in [0.5, 0.6) is 5.75 Å².